The Bertz CT molecular complexity index is 1090. The Morgan fingerprint density at radius 1 is 1.43 bits per heavy atom. The van der Waals surface area contributed by atoms with E-state index in [2.05, 4.69) is 23.8 Å². The predicted molar refractivity (Wildman–Crippen MR) is 95.4 cm³/mol. The highest BCUT2D eigenvalue weighted by atomic mass is 31.3. The van der Waals surface area contributed by atoms with Crippen LogP contribution in [0.1, 0.15) is 13.2 Å². The van der Waals surface area contributed by atoms with Gasteiger partial charge in [-0.15, -0.1) is 0 Å². The van der Waals surface area contributed by atoms with Gasteiger partial charge in [0.2, 0.25) is 5.95 Å². The van der Waals surface area contributed by atoms with Crippen molar-refractivity contribution < 1.29 is 46.9 Å². The maximum absolute atomic E-state index is 14.3. The molecule has 0 spiro atoms. The number of H-pyrrole nitrogens is 1. The fourth-order valence-electron chi connectivity index (χ4n) is 3.11. The Morgan fingerprint density at radius 3 is 2.70 bits per heavy atom. The van der Waals surface area contributed by atoms with Crippen LogP contribution in [0.25, 0.3) is 11.2 Å². The number of ether oxygens (including phenoxy) is 1. The molecule has 0 radical (unpaired) electrons. The molecule has 168 valence electrons. The monoisotopic (exact) mass is 473 g/mol. The number of aromatic amines is 1. The zero-order chi connectivity index (χ0) is 22.4. The van der Waals surface area contributed by atoms with E-state index >= 15 is 0 Å². The Balaban J connectivity index is 1.87. The van der Waals surface area contributed by atoms with Crippen molar-refractivity contribution in [2.24, 2.45) is 5.92 Å². The zero-order valence-electron chi connectivity index (χ0n) is 15.1. The number of nitrogen functional groups attached to an aromatic ring is 1. The smallest absolute Gasteiger partial charge is 0.390 e. The Morgan fingerprint density at radius 2 is 2.10 bits per heavy atom. The van der Waals surface area contributed by atoms with Gasteiger partial charge in [0, 0.05) is 0 Å². The molecule has 7 N–H and O–H groups in total. The van der Waals surface area contributed by atoms with Gasteiger partial charge in [0.15, 0.2) is 11.2 Å². The number of imidazole rings is 1. The lowest BCUT2D eigenvalue weighted by Gasteiger charge is -2.22. The number of phosphoric ester groups is 1. The maximum atomic E-state index is 14.3. The standard InChI is InChI=1S/C12H18FN5O10P2/c1-4(13)6-8(19)5(2-26-30(24,25)28-29(21,22)23)27-11(6)18-3-15-7-9(18)16-12(14)17-10(7)20/h3-6,8,11,19H,2H2,1H3,(H,24,25)(H2,21,22,23)(H3,14,16,17,20)/t4?,5-,6?,8-,11-/m1/s1. The van der Waals surface area contributed by atoms with Crippen molar-refractivity contribution in [3.8, 4) is 0 Å². The summed E-state index contributed by atoms with van der Waals surface area (Å²) in [5, 5.41) is 10.4. The second kappa shape index (κ2) is 8.07. The summed E-state index contributed by atoms with van der Waals surface area (Å²) >= 11 is 0. The second-order valence-electron chi connectivity index (χ2n) is 6.42. The van der Waals surface area contributed by atoms with E-state index in [-0.39, 0.29) is 17.1 Å². The van der Waals surface area contributed by atoms with E-state index in [9.17, 15) is 28.3 Å². The fourth-order valence-corrected chi connectivity index (χ4v) is 4.71. The summed E-state index contributed by atoms with van der Waals surface area (Å²) in [5.74, 6) is -1.49. The molecular weight excluding hydrogens is 455 g/mol. The molecule has 1 saturated heterocycles. The molecule has 1 fully saturated rings. The number of aliphatic hydroxyl groups is 1. The topological polar surface area (TPSA) is 232 Å². The molecule has 0 amide bonds. The highest BCUT2D eigenvalue weighted by Gasteiger charge is 2.49. The van der Waals surface area contributed by atoms with Crippen molar-refractivity contribution in [1.29, 1.82) is 0 Å². The minimum absolute atomic E-state index is 0.0571. The summed E-state index contributed by atoms with van der Waals surface area (Å²) < 4.78 is 51.4. The van der Waals surface area contributed by atoms with Gasteiger partial charge < -0.3 is 30.3 Å². The quantitative estimate of drug-likeness (QED) is 0.270. The first-order chi connectivity index (χ1) is 13.8. The molecule has 1 aliphatic rings. The summed E-state index contributed by atoms with van der Waals surface area (Å²) in [5.41, 5.74) is 4.68. The summed E-state index contributed by atoms with van der Waals surface area (Å²) in [6.45, 7) is 0.256. The molecule has 2 aromatic heterocycles. The van der Waals surface area contributed by atoms with Crippen molar-refractivity contribution in [2.75, 3.05) is 12.3 Å². The number of hydrogen-bond donors (Lipinski definition) is 6. The average molecular weight is 473 g/mol. The van der Waals surface area contributed by atoms with Crippen molar-refractivity contribution in [2.45, 2.75) is 31.5 Å². The molecule has 1 aliphatic heterocycles. The summed E-state index contributed by atoms with van der Waals surface area (Å²) in [6.07, 6.45) is -4.80. The number of fused-ring (bicyclic) bond motifs is 1. The van der Waals surface area contributed by atoms with Crippen LogP contribution in [0.5, 0.6) is 0 Å². The highest BCUT2D eigenvalue weighted by Crippen LogP contribution is 2.57. The molecular formula is C12H18FN5O10P2. The lowest BCUT2D eigenvalue weighted by Crippen LogP contribution is -2.34. The number of rotatable bonds is 7. The van der Waals surface area contributed by atoms with Gasteiger partial charge in [-0.05, 0) is 6.92 Å². The van der Waals surface area contributed by atoms with Gasteiger partial charge in [-0.2, -0.15) is 9.29 Å². The molecule has 18 heteroatoms. The lowest BCUT2D eigenvalue weighted by molar-refractivity contribution is -0.0461. The average Bonchev–Trinajstić information content (AvgIpc) is 3.11. The molecule has 0 saturated carbocycles. The summed E-state index contributed by atoms with van der Waals surface area (Å²) in [4.78, 5) is 48.5. The van der Waals surface area contributed by atoms with E-state index in [0.29, 0.717) is 0 Å². The van der Waals surface area contributed by atoms with Gasteiger partial charge in [-0.1, -0.05) is 0 Å². The van der Waals surface area contributed by atoms with Gasteiger partial charge in [-0.25, -0.2) is 18.5 Å². The number of hydrogen-bond acceptors (Lipinski definition) is 10. The fraction of sp³-hybridized carbons (Fsp3) is 0.583. The molecule has 0 aromatic carbocycles. The predicted octanol–water partition coefficient (Wildman–Crippen LogP) is -0.839. The number of nitrogens with one attached hydrogen (secondary N) is 1. The second-order valence-corrected chi connectivity index (χ2v) is 9.25. The molecule has 3 unspecified atom stereocenters. The number of halogens is 1. The number of alkyl halides is 1. The highest BCUT2D eigenvalue weighted by molar-refractivity contribution is 7.60. The van der Waals surface area contributed by atoms with Crippen LogP contribution in [0, 0.1) is 5.92 Å². The Labute approximate surface area is 166 Å². The van der Waals surface area contributed by atoms with Gasteiger partial charge in [0.05, 0.1) is 25.0 Å². The van der Waals surface area contributed by atoms with E-state index in [4.69, 9.17) is 20.3 Å². The largest absolute Gasteiger partial charge is 0.481 e. The molecule has 0 bridgehead atoms. The number of phosphoric acid groups is 2. The number of aliphatic hydroxyl groups excluding tert-OH is 1. The van der Waals surface area contributed by atoms with Crippen LogP contribution in [-0.4, -0.2) is 64.3 Å². The van der Waals surface area contributed by atoms with E-state index in [1.54, 1.807) is 0 Å². The van der Waals surface area contributed by atoms with Crippen LogP contribution in [0.3, 0.4) is 0 Å². The first-order valence-corrected chi connectivity index (χ1v) is 11.3. The van der Waals surface area contributed by atoms with Crippen LogP contribution in [0.15, 0.2) is 11.1 Å². The van der Waals surface area contributed by atoms with Crippen LogP contribution in [0.2, 0.25) is 0 Å². The van der Waals surface area contributed by atoms with Crippen LogP contribution in [-0.2, 0) is 22.7 Å². The minimum atomic E-state index is -5.35. The molecule has 6 atom stereocenters. The molecule has 2 aromatic rings. The summed E-state index contributed by atoms with van der Waals surface area (Å²) in [6, 6.07) is 0. The summed E-state index contributed by atoms with van der Waals surface area (Å²) in [7, 11) is -10.6. The number of nitrogens with zero attached hydrogens (tertiary/aromatic N) is 3. The minimum Gasteiger partial charge on any atom is -0.390 e. The van der Waals surface area contributed by atoms with E-state index in [0.717, 1.165) is 17.8 Å². The Kier molecular flexibility index (Phi) is 6.17. The van der Waals surface area contributed by atoms with Crippen molar-refractivity contribution in [3.05, 3.63) is 16.7 Å². The maximum Gasteiger partial charge on any atom is 0.481 e. The van der Waals surface area contributed by atoms with Crippen LogP contribution >= 0.6 is 15.6 Å². The number of aromatic nitrogens is 4. The van der Waals surface area contributed by atoms with Gasteiger partial charge in [-0.3, -0.25) is 18.9 Å². The SMILES string of the molecule is CC(F)C1[C@H](n2cnc3c(=O)[nH]c(N)nc32)O[C@H](COP(=O)(O)OP(=O)(O)O)[C@H]1O. The molecule has 3 rings (SSSR count). The Hall–Kier alpha value is -1.74. The molecule has 15 nitrogen and oxygen atoms in total. The third-order valence-corrected chi connectivity index (χ3v) is 6.44. The van der Waals surface area contributed by atoms with Crippen molar-refractivity contribution in [1.82, 2.24) is 19.5 Å². The molecule has 30 heavy (non-hydrogen) atoms. The van der Waals surface area contributed by atoms with Crippen LogP contribution in [0.4, 0.5) is 10.3 Å². The first kappa shape index (κ1) is 22.9. The third-order valence-electron chi connectivity index (χ3n) is 4.29. The zero-order valence-corrected chi connectivity index (χ0v) is 16.9. The van der Waals surface area contributed by atoms with Gasteiger partial charge in [0.1, 0.15) is 18.5 Å². The number of anilines is 1. The van der Waals surface area contributed by atoms with E-state index in [1.165, 1.54) is 0 Å². The van der Waals surface area contributed by atoms with E-state index < -0.39 is 58.3 Å². The van der Waals surface area contributed by atoms with Gasteiger partial charge >= 0.3 is 15.6 Å². The van der Waals surface area contributed by atoms with Crippen LogP contribution < -0.4 is 11.3 Å². The van der Waals surface area contributed by atoms with E-state index in [1.807, 2.05) is 0 Å². The molecule has 0 aliphatic carbocycles. The normalized spacial score (nSPS) is 27.9. The van der Waals surface area contributed by atoms with Crippen molar-refractivity contribution >= 4 is 32.8 Å². The van der Waals surface area contributed by atoms with Crippen molar-refractivity contribution in [3.63, 3.8) is 0 Å². The first-order valence-electron chi connectivity index (χ1n) is 8.23. The molecule has 3 heterocycles. The lowest BCUT2D eigenvalue weighted by atomic mass is 9.95. The number of nitrogens with two attached hydrogens (primary N) is 1. The third kappa shape index (κ3) is 4.77. The van der Waals surface area contributed by atoms with Gasteiger partial charge in [0.25, 0.3) is 5.56 Å².